The molecule has 1 unspecified atom stereocenters. The van der Waals surface area contributed by atoms with Crippen molar-refractivity contribution in [2.24, 2.45) is 5.73 Å². The van der Waals surface area contributed by atoms with E-state index in [9.17, 15) is 4.39 Å². The molecule has 84 valence electrons. The molecule has 15 heavy (non-hydrogen) atoms. The Kier molecular flexibility index (Phi) is 3.94. The van der Waals surface area contributed by atoms with Crippen LogP contribution in [0.1, 0.15) is 20.3 Å². The third-order valence-electron chi connectivity index (χ3n) is 2.44. The summed E-state index contributed by atoms with van der Waals surface area (Å²) in [5.41, 5.74) is 5.17. The Morgan fingerprint density at radius 1 is 1.53 bits per heavy atom. The van der Waals surface area contributed by atoms with Gasteiger partial charge in [-0.3, -0.25) is 0 Å². The summed E-state index contributed by atoms with van der Waals surface area (Å²) in [4.78, 5) is 0. The third kappa shape index (κ3) is 3.08. The van der Waals surface area contributed by atoms with Crippen LogP contribution in [0.5, 0.6) is 5.75 Å². The van der Waals surface area contributed by atoms with Gasteiger partial charge in [-0.15, -0.1) is 0 Å². The molecule has 0 aromatic heterocycles. The SMILES string of the molecule is CCC(C)(CN)Oc1ccc(F)c(Cl)c1. The van der Waals surface area contributed by atoms with Crippen molar-refractivity contribution >= 4 is 11.6 Å². The van der Waals surface area contributed by atoms with E-state index in [0.717, 1.165) is 6.42 Å². The molecule has 0 aliphatic carbocycles. The Bertz CT molecular complexity index is 339. The molecule has 1 atom stereocenters. The van der Waals surface area contributed by atoms with Crippen molar-refractivity contribution in [3.05, 3.63) is 29.0 Å². The van der Waals surface area contributed by atoms with E-state index >= 15 is 0 Å². The summed E-state index contributed by atoms with van der Waals surface area (Å²) < 4.78 is 18.5. The van der Waals surface area contributed by atoms with Gasteiger partial charge in [0.2, 0.25) is 0 Å². The molecular formula is C11H15ClFNO. The Hall–Kier alpha value is -0.800. The second-order valence-electron chi connectivity index (χ2n) is 3.69. The highest BCUT2D eigenvalue weighted by Gasteiger charge is 2.22. The van der Waals surface area contributed by atoms with E-state index in [-0.39, 0.29) is 5.02 Å². The molecule has 0 radical (unpaired) electrons. The molecule has 0 saturated heterocycles. The average Bonchev–Trinajstić information content (AvgIpc) is 2.23. The molecule has 0 aliphatic rings. The molecule has 0 heterocycles. The molecule has 0 fully saturated rings. The van der Waals surface area contributed by atoms with Gasteiger partial charge in [0.15, 0.2) is 0 Å². The summed E-state index contributed by atoms with van der Waals surface area (Å²) in [6.07, 6.45) is 0.776. The van der Waals surface area contributed by atoms with Gasteiger partial charge in [0, 0.05) is 12.6 Å². The summed E-state index contributed by atoms with van der Waals surface area (Å²) in [5.74, 6) is 0.0890. The lowest BCUT2D eigenvalue weighted by Gasteiger charge is -2.28. The van der Waals surface area contributed by atoms with Crippen molar-refractivity contribution in [1.29, 1.82) is 0 Å². The predicted octanol–water partition coefficient (Wildman–Crippen LogP) is 2.99. The Morgan fingerprint density at radius 3 is 2.67 bits per heavy atom. The summed E-state index contributed by atoms with van der Waals surface area (Å²) in [6.45, 7) is 4.29. The second-order valence-corrected chi connectivity index (χ2v) is 4.09. The fourth-order valence-corrected chi connectivity index (χ4v) is 1.25. The lowest BCUT2D eigenvalue weighted by molar-refractivity contribution is 0.0934. The highest BCUT2D eigenvalue weighted by atomic mass is 35.5. The van der Waals surface area contributed by atoms with Crippen LogP contribution in [0.15, 0.2) is 18.2 Å². The van der Waals surface area contributed by atoms with E-state index in [4.69, 9.17) is 22.1 Å². The molecule has 1 aromatic carbocycles. The number of nitrogens with two attached hydrogens (primary N) is 1. The van der Waals surface area contributed by atoms with Gasteiger partial charge in [-0.2, -0.15) is 0 Å². The van der Waals surface area contributed by atoms with Crippen molar-refractivity contribution in [3.63, 3.8) is 0 Å². The number of benzene rings is 1. The second kappa shape index (κ2) is 4.81. The minimum atomic E-state index is -0.449. The fraction of sp³-hybridized carbons (Fsp3) is 0.455. The molecule has 0 saturated carbocycles. The maximum absolute atomic E-state index is 12.9. The van der Waals surface area contributed by atoms with Crippen molar-refractivity contribution < 1.29 is 9.13 Å². The van der Waals surface area contributed by atoms with Gasteiger partial charge in [-0.05, 0) is 25.5 Å². The number of halogens is 2. The summed E-state index contributed by atoms with van der Waals surface area (Å²) >= 11 is 5.64. The topological polar surface area (TPSA) is 35.2 Å². The molecule has 0 spiro atoms. The van der Waals surface area contributed by atoms with Crippen molar-refractivity contribution in [1.82, 2.24) is 0 Å². The summed E-state index contributed by atoms with van der Waals surface area (Å²) in [5, 5.41) is 0.0583. The molecule has 1 aromatic rings. The smallest absolute Gasteiger partial charge is 0.142 e. The van der Waals surface area contributed by atoms with Gasteiger partial charge in [0.25, 0.3) is 0 Å². The molecule has 4 heteroatoms. The average molecular weight is 232 g/mol. The third-order valence-corrected chi connectivity index (χ3v) is 2.72. The standard InChI is InChI=1S/C11H15ClFNO/c1-3-11(2,7-14)15-8-4-5-10(13)9(12)6-8/h4-6H,3,7,14H2,1-2H3. The summed E-state index contributed by atoms with van der Waals surface area (Å²) in [6, 6.07) is 4.29. The maximum atomic E-state index is 12.9. The van der Waals surface area contributed by atoms with Crippen LogP contribution < -0.4 is 10.5 Å². The van der Waals surface area contributed by atoms with Crippen molar-refractivity contribution in [2.45, 2.75) is 25.9 Å². The van der Waals surface area contributed by atoms with Crippen LogP contribution in [0.25, 0.3) is 0 Å². The van der Waals surface area contributed by atoms with E-state index in [2.05, 4.69) is 0 Å². The van der Waals surface area contributed by atoms with E-state index in [1.807, 2.05) is 13.8 Å². The maximum Gasteiger partial charge on any atom is 0.142 e. The highest BCUT2D eigenvalue weighted by molar-refractivity contribution is 6.30. The van der Waals surface area contributed by atoms with E-state index < -0.39 is 11.4 Å². The van der Waals surface area contributed by atoms with Crippen molar-refractivity contribution in [3.8, 4) is 5.75 Å². The van der Waals surface area contributed by atoms with Gasteiger partial charge in [-0.25, -0.2) is 4.39 Å². The first-order valence-electron chi connectivity index (χ1n) is 4.85. The highest BCUT2D eigenvalue weighted by Crippen LogP contribution is 2.25. The summed E-state index contributed by atoms with van der Waals surface area (Å²) in [7, 11) is 0. The first-order valence-corrected chi connectivity index (χ1v) is 5.22. The predicted molar refractivity (Wildman–Crippen MR) is 59.8 cm³/mol. The van der Waals surface area contributed by atoms with Crippen LogP contribution in [0, 0.1) is 5.82 Å². The van der Waals surface area contributed by atoms with E-state index in [0.29, 0.717) is 12.3 Å². The molecule has 1 rings (SSSR count). The van der Waals surface area contributed by atoms with E-state index in [1.165, 1.54) is 12.1 Å². The number of rotatable bonds is 4. The van der Waals surface area contributed by atoms with Crippen LogP contribution in [-0.4, -0.2) is 12.1 Å². The minimum Gasteiger partial charge on any atom is -0.486 e. The first-order chi connectivity index (χ1) is 7.00. The molecular weight excluding hydrogens is 217 g/mol. The minimum absolute atomic E-state index is 0.0583. The quantitative estimate of drug-likeness (QED) is 0.865. The molecule has 0 amide bonds. The zero-order valence-corrected chi connectivity index (χ0v) is 9.64. The largest absolute Gasteiger partial charge is 0.486 e. The van der Waals surface area contributed by atoms with E-state index in [1.54, 1.807) is 6.07 Å². The lowest BCUT2D eigenvalue weighted by atomic mass is 10.0. The zero-order chi connectivity index (χ0) is 11.5. The normalized spacial score (nSPS) is 14.7. The van der Waals surface area contributed by atoms with Crippen LogP contribution in [-0.2, 0) is 0 Å². The van der Waals surface area contributed by atoms with Gasteiger partial charge < -0.3 is 10.5 Å². The lowest BCUT2D eigenvalue weighted by Crippen LogP contribution is -2.39. The van der Waals surface area contributed by atoms with Crippen LogP contribution >= 0.6 is 11.6 Å². The molecule has 0 aliphatic heterocycles. The fourth-order valence-electron chi connectivity index (χ4n) is 1.08. The number of hydrogen-bond donors (Lipinski definition) is 1. The van der Waals surface area contributed by atoms with Gasteiger partial charge in [-0.1, -0.05) is 18.5 Å². The number of ether oxygens (including phenoxy) is 1. The Balaban J connectivity index is 2.85. The Labute approximate surface area is 94.2 Å². The van der Waals surface area contributed by atoms with Crippen LogP contribution in [0.4, 0.5) is 4.39 Å². The number of hydrogen-bond acceptors (Lipinski definition) is 2. The zero-order valence-electron chi connectivity index (χ0n) is 8.89. The molecule has 2 N–H and O–H groups in total. The molecule has 0 bridgehead atoms. The first kappa shape index (κ1) is 12.3. The van der Waals surface area contributed by atoms with Crippen molar-refractivity contribution in [2.75, 3.05) is 6.54 Å². The Morgan fingerprint density at radius 2 is 2.20 bits per heavy atom. The van der Waals surface area contributed by atoms with Crippen LogP contribution in [0.2, 0.25) is 5.02 Å². The molecule has 2 nitrogen and oxygen atoms in total. The van der Waals surface area contributed by atoms with Gasteiger partial charge in [0.1, 0.15) is 17.2 Å². The van der Waals surface area contributed by atoms with Gasteiger partial charge >= 0.3 is 0 Å². The van der Waals surface area contributed by atoms with Gasteiger partial charge in [0.05, 0.1) is 5.02 Å². The van der Waals surface area contributed by atoms with Crippen LogP contribution in [0.3, 0.4) is 0 Å². The monoisotopic (exact) mass is 231 g/mol.